The van der Waals surface area contributed by atoms with E-state index < -0.39 is 20.9 Å². The quantitative estimate of drug-likeness (QED) is 0.337. The Labute approximate surface area is 182 Å². The van der Waals surface area contributed by atoms with Gasteiger partial charge >= 0.3 is 5.97 Å². The maximum Gasteiger partial charge on any atom is 0.338 e. The monoisotopic (exact) mass is 469 g/mol. The van der Waals surface area contributed by atoms with Crippen LogP contribution in [0.15, 0.2) is 39.9 Å². The number of benzene rings is 1. The van der Waals surface area contributed by atoms with Gasteiger partial charge in [0.1, 0.15) is 9.96 Å². The minimum atomic E-state index is -3.79. The second kappa shape index (κ2) is 9.41. The molecule has 0 N–H and O–H groups in total. The Balaban J connectivity index is 1.55. The lowest BCUT2D eigenvalue weighted by Gasteiger charge is -2.33. The van der Waals surface area contributed by atoms with Crippen molar-refractivity contribution in [2.75, 3.05) is 39.9 Å². The lowest BCUT2D eigenvalue weighted by molar-refractivity contribution is -0.384. The van der Waals surface area contributed by atoms with Crippen molar-refractivity contribution in [3.8, 4) is 5.75 Å². The fourth-order valence-corrected chi connectivity index (χ4v) is 5.63. The highest BCUT2D eigenvalue weighted by molar-refractivity contribution is 7.91. The topological polar surface area (TPSA) is 136 Å². The molecule has 13 heteroatoms. The zero-order valence-corrected chi connectivity index (χ0v) is 18.1. The lowest BCUT2D eigenvalue weighted by Crippen LogP contribution is -2.51. The van der Waals surface area contributed by atoms with Crippen molar-refractivity contribution < 1.29 is 32.4 Å². The molecule has 0 bridgehead atoms. The van der Waals surface area contributed by atoms with Crippen molar-refractivity contribution in [1.82, 2.24) is 9.21 Å². The molecule has 0 aliphatic carbocycles. The van der Waals surface area contributed by atoms with Crippen LogP contribution in [-0.4, -0.2) is 74.3 Å². The summed E-state index contributed by atoms with van der Waals surface area (Å²) >= 11 is 0.931. The first kappa shape index (κ1) is 22.7. The van der Waals surface area contributed by atoms with Crippen LogP contribution in [0.5, 0.6) is 5.75 Å². The maximum absolute atomic E-state index is 12.8. The number of piperazine rings is 1. The predicted molar refractivity (Wildman–Crippen MR) is 110 cm³/mol. The third-order valence-electron chi connectivity index (χ3n) is 4.57. The van der Waals surface area contributed by atoms with Gasteiger partial charge in [-0.25, -0.2) is 13.2 Å². The smallest absolute Gasteiger partial charge is 0.338 e. The Morgan fingerprint density at radius 2 is 1.90 bits per heavy atom. The zero-order valence-electron chi connectivity index (χ0n) is 16.4. The molecule has 1 amide bonds. The number of carbonyl (C=O) groups excluding carboxylic acids is 2. The molecule has 1 aliphatic heterocycles. The predicted octanol–water partition coefficient (Wildman–Crippen LogP) is 1.35. The normalized spacial score (nSPS) is 14.8. The summed E-state index contributed by atoms with van der Waals surface area (Å²) in [5, 5.41) is 12.2. The number of hydrogen-bond acceptors (Lipinski definition) is 9. The molecule has 11 nitrogen and oxygen atoms in total. The molecule has 1 aromatic carbocycles. The van der Waals surface area contributed by atoms with Gasteiger partial charge in [0.05, 0.1) is 23.7 Å². The van der Waals surface area contributed by atoms with Gasteiger partial charge in [0.15, 0.2) is 6.61 Å². The minimum Gasteiger partial charge on any atom is -0.484 e. The van der Waals surface area contributed by atoms with E-state index in [0.29, 0.717) is 0 Å². The third-order valence-corrected chi connectivity index (χ3v) is 7.89. The van der Waals surface area contributed by atoms with E-state index in [0.717, 1.165) is 11.3 Å². The molecule has 166 valence electrons. The van der Waals surface area contributed by atoms with E-state index in [9.17, 15) is 28.1 Å². The Morgan fingerprint density at radius 1 is 1.19 bits per heavy atom. The summed E-state index contributed by atoms with van der Waals surface area (Å²) in [5.74, 6) is -0.771. The average molecular weight is 469 g/mol. The van der Waals surface area contributed by atoms with Crippen LogP contribution in [0.4, 0.5) is 5.69 Å². The number of nitrogens with zero attached hydrogens (tertiary/aromatic N) is 3. The Bertz CT molecular complexity index is 1090. The van der Waals surface area contributed by atoms with Gasteiger partial charge in [0.2, 0.25) is 0 Å². The van der Waals surface area contributed by atoms with Gasteiger partial charge < -0.3 is 14.4 Å². The number of nitro groups is 1. The molecule has 0 radical (unpaired) electrons. The molecule has 2 heterocycles. The van der Waals surface area contributed by atoms with Gasteiger partial charge in [-0.2, -0.15) is 4.31 Å². The van der Waals surface area contributed by atoms with Crippen molar-refractivity contribution in [1.29, 1.82) is 0 Å². The summed E-state index contributed by atoms with van der Waals surface area (Å²) in [5.41, 5.74) is 0.0193. The van der Waals surface area contributed by atoms with Crippen LogP contribution in [0.2, 0.25) is 0 Å². The van der Waals surface area contributed by atoms with E-state index in [-0.39, 0.29) is 59.9 Å². The number of thiophene rings is 1. The van der Waals surface area contributed by atoms with Crippen LogP contribution in [0, 0.1) is 10.1 Å². The highest BCUT2D eigenvalue weighted by atomic mass is 32.2. The van der Waals surface area contributed by atoms with E-state index in [1.54, 1.807) is 0 Å². The van der Waals surface area contributed by atoms with Crippen LogP contribution in [-0.2, 0) is 19.6 Å². The van der Waals surface area contributed by atoms with Crippen LogP contribution >= 0.6 is 11.3 Å². The fourth-order valence-electron chi connectivity index (χ4n) is 2.91. The standard InChI is InChI=1S/C18H19N3O8S2/c1-28-18(23)13-9-17(30-12-13)31(26,27)20-7-5-19(6-8-20)16(22)11-29-15-4-2-3-14(10-15)21(24)25/h2-4,9-10,12H,5-8,11H2,1H3. The molecular weight excluding hydrogens is 450 g/mol. The van der Waals surface area contributed by atoms with Gasteiger partial charge in [0.25, 0.3) is 21.6 Å². The summed E-state index contributed by atoms with van der Waals surface area (Å²) in [6, 6.07) is 6.78. The maximum atomic E-state index is 12.8. The molecular formula is C18H19N3O8S2. The van der Waals surface area contributed by atoms with E-state index in [1.807, 2.05) is 0 Å². The fraction of sp³-hybridized carbons (Fsp3) is 0.333. The molecule has 0 saturated carbocycles. The summed E-state index contributed by atoms with van der Waals surface area (Å²) in [4.78, 5) is 35.6. The first-order valence-corrected chi connectivity index (χ1v) is 11.4. The van der Waals surface area contributed by atoms with Crippen LogP contribution < -0.4 is 4.74 Å². The summed E-state index contributed by atoms with van der Waals surface area (Å²) in [6.07, 6.45) is 0. The first-order valence-electron chi connectivity index (χ1n) is 9.04. The molecule has 0 atom stereocenters. The molecule has 1 saturated heterocycles. The number of hydrogen-bond donors (Lipinski definition) is 0. The van der Waals surface area contributed by atoms with Gasteiger partial charge in [0, 0.05) is 37.6 Å². The SMILES string of the molecule is COC(=O)c1csc(S(=O)(=O)N2CCN(C(=O)COc3cccc([N+](=O)[O-])c3)CC2)c1. The second-order valence-electron chi connectivity index (χ2n) is 6.47. The van der Waals surface area contributed by atoms with E-state index in [2.05, 4.69) is 4.74 Å². The molecule has 2 aromatic rings. The molecule has 1 aliphatic rings. The van der Waals surface area contributed by atoms with Crippen molar-refractivity contribution in [3.05, 3.63) is 51.4 Å². The number of carbonyl (C=O) groups is 2. The van der Waals surface area contributed by atoms with Gasteiger partial charge in [-0.3, -0.25) is 14.9 Å². The van der Waals surface area contributed by atoms with Gasteiger partial charge in [-0.15, -0.1) is 11.3 Å². The highest BCUT2D eigenvalue weighted by Gasteiger charge is 2.31. The largest absolute Gasteiger partial charge is 0.484 e. The van der Waals surface area contributed by atoms with Crippen molar-refractivity contribution in [2.24, 2.45) is 0 Å². The first-order chi connectivity index (χ1) is 14.7. The summed E-state index contributed by atoms with van der Waals surface area (Å²) in [7, 11) is -2.57. The number of nitro benzene ring substituents is 1. The second-order valence-corrected chi connectivity index (χ2v) is 9.55. The minimum absolute atomic E-state index is 0.0293. The summed E-state index contributed by atoms with van der Waals surface area (Å²) < 4.78 is 36.8. The van der Waals surface area contributed by atoms with Crippen molar-refractivity contribution in [3.63, 3.8) is 0 Å². The van der Waals surface area contributed by atoms with Crippen LogP contribution in [0.1, 0.15) is 10.4 Å². The Morgan fingerprint density at radius 3 is 2.55 bits per heavy atom. The molecule has 1 fully saturated rings. The van der Waals surface area contributed by atoms with Crippen molar-refractivity contribution in [2.45, 2.75) is 4.21 Å². The van der Waals surface area contributed by atoms with Crippen molar-refractivity contribution >= 4 is 38.9 Å². The van der Waals surface area contributed by atoms with Gasteiger partial charge in [-0.05, 0) is 12.1 Å². The van der Waals surface area contributed by atoms with E-state index >= 15 is 0 Å². The summed E-state index contributed by atoms with van der Waals surface area (Å²) in [6.45, 7) is 0.213. The Hall–Kier alpha value is -3.03. The zero-order chi connectivity index (χ0) is 22.6. The van der Waals surface area contributed by atoms with E-state index in [4.69, 9.17) is 4.74 Å². The number of esters is 1. The molecule has 0 unspecified atom stereocenters. The highest BCUT2D eigenvalue weighted by Crippen LogP contribution is 2.25. The molecule has 0 spiro atoms. The number of non-ortho nitro benzene ring substituents is 1. The van der Waals surface area contributed by atoms with Gasteiger partial charge in [-0.1, -0.05) is 6.07 Å². The number of ether oxygens (including phenoxy) is 2. The number of sulfonamides is 1. The number of rotatable bonds is 7. The number of amides is 1. The average Bonchev–Trinajstić information content (AvgIpc) is 3.28. The molecule has 1 aromatic heterocycles. The lowest BCUT2D eigenvalue weighted by atomic mass is 10.3. The van der Waals surface area contributed by atoms with E-state index in [1.165, 1.54) is 52.0 Å². The molecule has 31 heavy (non-hydrogen) atoms. The number of methoxy groups -OCH3 is 1. The third kappa shape index (κ3) is 5.18. The van der Waals surface area contributed by atoms with Crippen LogP contribution in [0.3, 0.4) is 0 Å². The molecule has 3 rings (SSSR count). The Kier molecular flexibility index (Phi) is 6.87. The van der Waals surface area contributed by atoms with Crippen LogP contribution in [0.25, 0.3) is 0 Å².